The molecule has 1 unspecified atom stereocenters. The second-order valence-corrected chi connectivity index (χ2v) is 5.03. The van der Waals surface area contributed by atoms with Gasteiger partial charge in [0.2, 0.25) is 0 Å². The molecule has 2 rings (SSSR count). The molecule has 0 spiro atoms. The molecule has 1 aliphatic heterocycles. The smallest absolute Gasteiger partial charge is 0.251 e. The van der Waals surface area contributed by atoms with Crippen LogP contribution in [0.3, 0.4) is 0 Å². The molecule has 104 valence electrons. The summed E-state index contributed by atoms with van der Waals surface area (Å²) in [4.78, 5) is 12.3. The Morgan fingerprint density at radius 1 is 1.53 bits per heavy atom. The Kier molecular flexibility index (Phi) is 4.93. The van der Waals surface area contributed by atoms with Crippen molar-refractivity contribution in [2.45, 2.75) is 32.4 Å². The zero-order valence-corrected chi connectivity index (χ0v) is 11.7. The molecule has 0 radical (unpaired) electrons. The molecule has 0 aliphatic carbocycles. The Morgan fingerprint density at radius 3 is 3.16 bits per heavy atom. The quantitative estimate of drug-likeness (QED) is 0.845. The maximum Gasteiger partial charge on any atom is 0.251 e. The van der Waals surface area contributed by atoms with E-state index in [1.807, 2.05) is 19.1 Å². The summed E-state index contributed by atoms with van der Waals surface area (Å²) in [5, 5.41) is 6.37. The molecular formula is C15H22N2O2. The van der Waals surface area contributed by atoms with Crippen LogP contribution < -0.4 is 10.6 Å². The largest absolute Gasteiger partial charge is 0.385 e. The minimum Gasteiger partial charge on any atom is -0.385 e. The summed E-state index contributed by atoms with van der Waals surface area (Å²) in [5.74, 6) is 0.0300. The number of nitrogens with one attached hydrogen (secondary N) is 2. The van der Waals surface area contributed by atoms with Gasteiger partial charge >= 0.3 is 0 Å². The van der Waals surface area contributed by atoms with E-state index in [0.29, 0.717) is 6.61 Å². The number of hydrogen-bond donors (Lipinski definition) is 2. The van der Waals surface area contributed by atoms with E-state index in [1.54, 1.807) is 7.11 Å². The van der Waals surface area contributed by atoms with Crippen LogP contribution in [0, 0.1) is 0 Å². The van der Waals surface area contributed by atoms with Crippen molar-refractivity contribution in [2.24, 2.45) is 0 Å². The fraction of sp³-hybridized carbons (Fsp3) is 0.533. The van der Waals surface area contributed by atoms with Crippen LogP contribution in [-0.4, -0.2) is 32.2 Å². The molecule has 1 aliphatic rings. The first-order valence-corrected chi connectivity index (χ1v) is 6.83. The van der Waals surface area contributed by atoms with Gasteiger partial charge in [-0.2, -0.15) is 0 Å². The topological polar surface area (TPSA) is 50.4 Å². The number of hydrogen-bond acceptors (Lipinski definition) is 3. The molecule has 4 nitrogen and oxygen atoms in total. The fourth-order valence-electron chi connectivity index (χ4n) is 2.41. The summed E-state index contributed by atoms with van der Waals surface area (Å²) in [7, 11) is 1.68. The van der Waals surface area contributed by atoms with Crippen LogP contribution in [0.25, 0.3) is 0 Å². The molecule has 1 aromatic carbocycles. The van der Waals surface area contributed by atoms with Crippen molar-refractivity contribution in [2.75, 3.05) is 20.3 Å². The maximum absolute atomic E-state index is 12.3. The van der Waals surface area contributed by atoms with Crippen LogP contribution in [0.5, 0.6) is 0 Å². The molecule has 0 saturated carbocycles. The first kappa shape index (κ1) is 14.0. The van der Waals surface area contributed by atoms with Gasteiger partial charge in [0.05, 0.1) is 0 Å². The van der Waals surface area contributed by atoms with E-state index in [9.17, 15) is 4.79 Å². The molecule has 1 atom stereocenters. The highest BCUT2D eigenvalue weighted by Crippen LogP contribution is 2.18. The first-order valence-electron chi connectivity index (χ1n) is 6.83. The van der Waals surface area contributed by atoms with Crippen molar-refractivity contribution in [3.8, 4) is 0 Å². The molecule has 4 heteroatoms. The van der Waals surface area contributed by atoms with Crippen molar-refractivity contribution >= 4 is 5.91 Å². The standard InChI is InChI=1S/C15H22N2O2/c1-11(7-9-19-2)17-15(18)14-5-3-4-12-10-16-8-6-13(12)14/h3-5,11,16H,6-10H2,1-2H3,(H,17,18). The second kappa shape index (κ2) is 6.68. The number of amides is 1. The van der Waals surface area contributed by atoms with E-state index >= 15 is 0 Å². The predicted molar refractivity (Wildman–Crippen MR) is 75.3 cm³/mol. The van der Waals surface area contributed by atoms with Crippen LogP contribution in [0.15, 0.2) is 18.2 Å². The minimum absolute atomic E-state index is 0.0300. The van der Waals surface area contributed by atoms with Gasteiger partial charge in [-0.15, -0.1) is 0 Å². The number of fused-ring (bicyclic) bond motifs is 1. The van der Waals surface area contributed by atoms with Crippen molar-refractivity contribution < 1.29 is 9.53 Å². The monoisotopic (exact) mass is 262 g/mol. The average Bonchev–Trinajstić information content (AvgIpc) is 2.44. The van der Waals surface area contributed by atoms with Crippen LogP contribution in [0.4, 0.5) is 0 Å². The Hall–Kier alpha value is -1.39. The molecule has 1 amide bonds. The summed E-state index contributed by atoms with van der Waals surface area (Å²) in [6, 6.07) is 6.10. The van der Waals surface area contributed by atoms with Crippen LogP contribution >= 0.6 is 0 Å². The zero-order chi connectivity index (χ0) is 13.7. The van der Waals surface area contributed by atoms with Gasteiger partial charge in [0.25, 0.3) is 5.91 Å². The number of methoxy groups -OCH3 is 1. The number of benzene rings is 1. The summed E-state index contributed by atoms with van der Waals surface area (Å²) < 4.78 is 5.03. The predicted octanol–water partition coefficient (Wildman–Crippen LogP) is 1.49. The maximum atomic E-state index is 12.3. The summed E-state index contributed by atoms with van der Waals surface area (Å²) in [6.45, 7) is 4.47. The zero-order valence-electron chi connectivity index (χ0n) is 11.7. The van der Waals surface area contributed by atoms with E-state index < -0.39 is 0 Å². The molecule has 2 N–H and O–H groups in total. The van der Waals surface area contributed by atoms with Gasteiger partial charge in [-0.3, -0.25) is 4.79 Å². The third-order valence-corrected chi connectivity index (χ3v) is 3.52. The average molecular weight is 262 g/mol. The Bertz CT molecular complexity index is 446. The lowest BCUT2D eigenvalue weighted by molar-refractivity contribution is 0.0928. The molecule has 1 aromatic rings. The van der Waals surface area contributed by atoms with Crippen molar-refractivity contribution in [1.82, 2.24) is 10.6 Å². The molecular weight excluding hydrogens is 240 g/mol. The van der Waals surface area contributed by atoms with Crippen molar-refractivity contribution in [3.63, 3.8) is 0 Å². The normalized spacial score (nSPS) is 15.7. The van der Waals surface area contributed by atoms with Gasteiger partial charge < -0.3 is 15.4 Å². The molecule has 19 heavy (non-hydrogen) atoms. The highest BCUT2D eigenvalue weighted by atomic mass is 16.5. The molecule has 0 fully saturated rings. The minimum atomic E-state index is 0.0300. The van der Waals surface area contributed by atoms with Gasteiger partial charge in [-0.25, -0.2) is 0 Å². The lowest BCUT2D eigenvalue weighted by atomic mass is 9.95. The van der Waals surface area contributed by atoms with Gasteiger partial charge in [0.15, 0.2) is 0 Å². The summed E-state index contributed by atoms with van der Waals surface area (Å²) in [5.41, 5.74) is 3.25. The molecule has 1 heterocycles. The second-order valence-electron chi connectivity index (χ2n) is 5.03. The lowest BCUT2D eigenvalue weighted by Gasteiger charge is -2.21. The number of rotatable bonds is 5. The molecule has 0 aromatic heterocycles. The third-order valence-electron chi connectivity index (χ3n) is 3.52. The Morgan fingerprint density at radius 2 is 2.37 bits per heavy atom. The van der Waals surface area contributed by atoms with Crippen LogP contribution in [-0.2, 0) is 17.7 Å². The first-order chi connectivity index (χ1) is 9.22. The molecule has 0 bridgehead atoms. The molecule has 0 saturated heterocycles. The van der Waals surface area contributed by atoms with Crippen LogP contribution in [0.2, 0.25) is 0 Å². The van der Waals surface area contributed by atoms with Gasteiger partial charge in [-0.1, -0.05) is 12.1 Å². The van der Waals surface area contributed by atoms with E-state index in [2.05, 4.69) is 16.7 Å². The number of carbonyl (C=O) groups is 1. The van der Waals surface area contributed by atoms with Crippen LogP contribution in [0.1, 0.15) is 34.8 Å². The summed E-state index contributed by atoms with van der Waals surface area (Å²) >= 11 is 0. The van der Waals surface area contributed by atoms with Gasteiger partial charge in [-0.05, 0) is 43.5 Å². The number of carbonyl (C=O) groups excluding carboxylic acids is 1. The lowest BCUT2D eigenvalue weighted by Crippen LogP contribution is -2.35. The Labute approximate surface area is 114 Å². The fourth-order valence-corrected chi connectivity index (χ4v) is 2.41. The summed E-state index contributed by atoms with van der Waals surface area (Å²) in [6.07, 6.45) is 1.75. The highest BCUT2D eigenvalue weighted by Gasteiger charge is 2.18. The van der Waals surface area contributed by atoms with E-state index in [4.69, 9.17) is 4.74 Å². The Balaban J connectivity index is 2.07. The van der Waals surface area contributed by atoms with E-state index in [-0.39, 0.29) is 11.9 Å². The van der Waals surface area contributed by atoms with E-state index in [0.717, 1.165) is 31.5 Å². The highest BCUT2D eigenvalue weighted by molar-refractivity contribution is 5.96. The number of ether oxygens (including phenoxy) is 1. The third kappa shape index (κ3) is 3.55. The van der Waals surface area contributed by atoms with Gasteiger partial charge in [0, 0.05) is 31.9 Å². The van der Waals surface area contributed by atoms with Crippen molar-refractivity contribution in [3.05, 3.63) is 34.9 Å². The SMILES string of the molecule is COCCC(C)NC(=O)c1cccc2c1CCNC2. The van der Waals surface area contributed by atoms with E-state index in [1.165, 1.54) is 11.1 Å². The van der Waals surface area contributed by atoms with Crippen molar-refractivity contribution in [1.29, 1.82) is 0 Å². The van der Waals surface area contributed by atoms with Gasteiger partial charge in [0.1, 0.15) is 0 Å².